The van der Waals surface area contributed by atoms with Crippen LogP contribution < -0.4 is 5.32 Å². The summed E-state index contributed by atoms with van der Waals surface area (Å²) >= 11 is 25.7. The number of nitrogens with one attached hydrogen (secondary N) is 1. The van der Waals surface area contributed by atoms with Gasteiger partial charge in [-0.2, -0.15) is 0 Å². The van der Waals surface area contributed by atoms with Crippen molar-refractivity contribution in [2.45, 2.75) is 103 Å². The van der Waals surface area contributed by atoms with Crippen LogP contribution in [0, 0.1) is 0 Å². The van der Waals surface area contributed by atoms with E-state index < -0.39 is 0 Å². The molecule has 2 saturated carbocycles. The minimum absolute atomic E-state index is 0.0270. The second-order valence-electron chi connectivity index (χ2n) is 7.81. The van der Waals surface area contributed by atoms with E-state index in [1.807, 2.05) is 12.4 Å². The van der Waals surface area contributed by atoms with Gasteiger partial charge in [0.25, 0.3) is 0 Å². The van der Waals surface area contributed by atoms with Gasteiger partial charge in [0, 0.05) is 24.5 Å². The summed E-state index contributed by atoms with van der Waals surface area (Å²) < 4.78 is 0. The van der Waals surface area contributed by atoms with E-state index in [0.717, 1.165) is 57.8 Å². The van der Waals surface area contributed by atoms with Crippen LogP contribution in [-0.2, 0) is 0 Å². The van der Waals surface area contributed by atoms with Crippen LogP contribution in [0.5, 0.6) is 0 Å². The van der Waals surface area contributed by atoms with Crippen LogP contribution in [0.15, 0.2) is 9.98 Å². The van der Waals surface area contributed by atoms with Crippen molar-refractivity contribution in [3.63, 3.8) is 0 Å². The van der Waals surface area contributed by atoms with Crippen molar-refractivity contribution in [1.29, 1.82) is 0 Å². The van der Waals surface area contributed by atoms with Gasteiger partial charge in [-0.15, -0.1) is 46.4 Å². The third kappa shape index (κ3) is 5.73. The second-order valence-corrected chi connectivity index (χ2v) is 10.1. The van der Waals surface area contributed by atoms with Gasteiger partial charge in [0.1, 0.15) is 0 Å². The molecule has 0 bridgehead atoms. The predicted molar refractivity (Wildman–Crippen MR) is 115 cm³/mol. The van der Waals surface area contributed by atoms with Gasteiger partial charge in [0.05, 0.1) is 33.6 Å². The Labute approximate surface area is 177 Å². The predicted octanol–water partition coefficient (Wildman–Crippen LogP) is 5.17. The molecule has 0 spiro atoms. The molecule has 6 atom stereocenters. The van der Waals surface area contributed by atoms with Crippen molar-refractivity contribution >= 4 is 58.8 Å². The number of rotatable bonds is 4. The Hall–Kier alpha value is 0.460. The number of hydrogen-bond acceptors (Lipinski definition) is 3. The summed E-state index contributed by atoms with van der Waals surface area (Å²) in [4.78, 5) is 9.48. The average molecular weight is 441 g/mol. The number of nitrogens with zero attached hydrogens (tertiary/aromatic N) is 2. The van der Waals surface area contributed by atoms with E-state index in [2.05, 4.69) is 5.32 Å². The first-order valence-electron chi connectivity index (χ1n) is 9.93. The minimum Gasteiger partial charge on any atom is -0.301 e. The van der Waals surface area contributed by atoms with Gasteiger partial charge in [0.2, 0.25) is 0 Å². The van der Waals surface area contributed by atoms with Crippen molar-refractivity contribution in [2.24, 2.45) is 9.98 Å². The Morgan fingerprint density at radius 3 is 1.31 bits per heavy atom. The molecule has 148 valence electrons. The van der Waals surface area contributed by atoms with Crippen molar-refractivity contribution in [1.82, 2.24) is 5.32 Å². The van der Waals surface area contributed by atoms with Crippen LogP contribution >= 0.6 is 46.4 Å². The van der Waals surface area contributed by atoms with Gasteiger partial charge >= 0.3 is 0 Å². The Kier molecular flexibility index (Phi) is 8.39. The van der Waals surface area contributed by atoms with Gasteiger partial charge in [-0.25, -0.2) is 0 Å². The topological polar surface area (TPSA) is 36.8 Å². The number of piperidine rings is 1. The van der Waals surface area contributed by atoms with Crippen molar-refractivity contribution in [2.75, 3.05) is 0 Å². The average Bonchev–Trinajstić information content (AvgIpc) is 2.61. The number of halogens is 4. The minimum atomic E-state index is 0.0270. The summed E-state index contributed by atoms with van der Waals surface area (Å²) in [7, 11) is 0. The zero-order valence-electron chi connectivity index (χ0n) is 15.0. The van der Waals surface area contributed by atoms with Crippen LogP contribution in [0.3, 0.4) is 0 Å². The van der Waals surface area contributed by atoms with Crippen molar-refractivity contribution < 1.29 is 0 Å². The highest BCUT2D eigenvalue weighted by molar-refractivity contribution is 6.25. The fourth-order valence-electron chi connectivity index (χ4n) is 4.17. The molecule has 26 heavy (non-hydrogen) atoms. The third-order valence-corrected chi connectivity index (χ3v) is 7.64. The molecule has 0 aromatic carbocycles. The summed E-state index contributed by atoms with van der Waals surface area (Å²) in [5.41, 5.74) is 0. The van der Waals surface area contributed by atoms with Crippen LogP contribution in [0.1, 0.15) is 57.8 Å². The molecule has 3 fully saturated rings. The molecular weight excluding hydrogens is 412 g/mol. The summed E-state index contributed by atoms with van der Waals surface area (Å²) in [6.45, 7) is 0. The van der Waals surface area contributed by atoms with Gasteiger partial charge in [-0.05, 0) is 44.9 Å². The first-order chi connectivity index (χ1) is 12.5. The fourth-order valence-corrected chi connectivity index (χ4v) is 5.90. The fraction of sp³-hybridized carbons (Fsp3) is 0.895. The van der Waals surface area contributed by atoms with Crippen LogP contribution in [-0.4, -0.2) is 58.1 Å². The monoisotopic (exact) mass is 439 g/mol. The molecule has 1 aliphatic heterocycles. The highest BCUT2D eigenvalue weighted by atomic mass is 35.5. The maximum Gasteiger partial charge on any atom is 0.0823 e. The second kappa shape index (κ2) is 10.3. The highest BCUT2D eigenvalue weighted by Crippen LogP contribution is 2.30. The van der Waals surface area contributed by atoms with Crippen LogP contribution in [0.2, 0.25) is 0 Å². The largest absolute Gasteiger partial charge is 0.301 e. The first kappa shape index (κ1) is 21.2. The Bertz CT molecular complexity index is 439. The smallest absolute Gasteiger partial charge is 0.0823 e. The SMILES string of the molecule is ClC1CCCC(Cl)C1N=CC1CCCC(C=NC2C(Cl)CCCC2Cl)N1. The summed E-state index contributed by atoms with van der Waals surface area (Å²) in [6, 6.07) is 0.554. The van der Waals surface area contributed by atoms with E-state index in [1.54, 1.807) is 0 Å². The maximum absolute atomic E-state index is 6.42. The van der Waals surface area contributed by atoms with Crippen molar-refractivity contribution in [3.05, 3.63) is 0 Å². The molecule has 3 aliphatic rings. The Balaban J connectivity index is 1.53. The molecular formula is C19H29Cl4N3. The summed E-state index contributed by atoms with van der Waals surface area (Å²) in [6.07, 6.45) is 13.6. The quantitative estimate of drug-likeness (QED) is 0.474. The zero-order valence-corrected chi connectivity index (χ0v) is 18.1. The standard InChI is InChI=1S/C19H29Cl4N3/c20-14-6-2-7-15(21)18(14)24-10-12-4-1-5-13(26-12)11-25-19-16(22)8-3-9-17(19)23/h10-19,26H,1-9H2. The van der Waals surface area contributed by atoms with E-state index in [9.17, 15) is 0 Å². The summed E-state index contributed by atoms with van der Waals surface area (Å²) in [5, 5.41) is 3.83. The molecule has 1 N–H and O–H groups in total. The molecule has 3 rings (SSSR count). The lowest BCUT2D eigenvalue weighted by Crippen LogP contribution is -2.45. The molecule has 1 heterocycles. The van der Waals surface area contributed by atoms with Gasteiger partial charge in [0.15, 0.2) is 0 Å². The van der Waals surface area contributed by atoms with Gasteiger partial charge in [-0.1, -0.05) is 12.8 Å². The number of aliphatic imine (C=N–C) groups is 2. The molecule has 0 aromatic rings. The highest BCUT2D eigenvalue weighted by Gasteiger charge is 2.32. The lowest BCUT2D eigenvalue weighted by atomic mass is 9.94. The van der Waals surface area contributed by atoms with Gasteiger partial charge < -0.3 is 5.32 Å². The van der Waals surface area contributed by atoms with Gasteiger partial charge in [-0.3, -0.25) is 9.98 Å². The first-order valence-corrected chi connectivity index (χ1v) is 11.7. The lowest BCUT2D eigenvalue weighted by molar-refractivity contribution is 0.424. The molecule has 0 aromatic heterocycles. The Morgan fingerprint density at radius 2 is 0.923 bits per heavy atom. The molecule has 3 nitrogen and oxygen atoms in total. The van der Waals surface area contributed by atoms with Crippen LogP contribution in [0.25, 0.3) is 0 Å². The third-order valence-electron chi connectivity index (χ3n) is 5.74. The number of alkyl halides is 4. The van der Waals surface area contributed by atoms with Crippen LogP contribution in [0.4, 0.5) is 0 Å². The number of hydrogen-bond donors (Lipinski definition) is 1. The molecule has 1 saturated heterocycles. The van der Waals surface area contributed by atoms with E-state index >= 15 is 0 Å². The van der Waals surface area contributed by atoms with E-state index in [1.165, 1.54) is 0 Å². The normalized spacial score (nSPS) is 45.4. The maximum atomic E-state index is 6.42. The van der Waals surface area contributed by atoms with Crippen molar-refractivity contribution in [3.8, 4) is 0 Å². The molecule has 6 unspecified atom stereocenters. The molecule has 2 aliphatic carbocycles. The zero-order chi connectivity index (χ0) is 18.5. The molecule has 0 radical (unpaired) electrons. The van der Waals surface area contributed by atoms with E-state index in [-0.39, 0.29) is 45.7 Å². The molecule has 7 heteroatoms. The molecule has 0 amide bonds. The Morgan fingerprint density at radius 1 is 0.577 bits per heavy atom. The van der Waals surface area contributed by atoms with E-state index in [0.29, 0.717) is 0 Å². The lowest BCUT2D eigenvalue weighted by Gasteiger charge is -2.31. The van der Waals surface area contributed by atoms with E-state index in [4.69, 9.17) is 56.4 Å². The summed E-state index contributed by atoms with van der Waals surface area (Å²) in [5.74, 6) is 0.